The fourth-order valence-electron chi connectivity index (χ4n) is 2.74. The molecule has 1 amide bonds. The molecule has 0 saturated heterocycles. The number of ether oxygens (including phenoxy) is 1. The summed E-state index contributed by atoms with van der Waals surface area (Å²) in [5, 5.41) is 15.0. The van der Waals surface area contributed by atoms with E-state index >= 15 is 0 Å². The van der Waals surface area contributed by atoms with Crippen LogP contribution < -0.4 is 10.6 Å². The SMILES string of the molecule is COCCNc1cc(NC(=O)c2cn(C)c3ccc(C=O)nc23)ncc1C#N. The molecule has 9 nitrogen and oxygen atoms in total. The fraction of sp³-hybridized carbons (Fsp3) is 0.211. The quantitative estimate of drug-likeness (QED) is 0.476. The van der Waals surface area contributed by atoms with Crippen LogP contribution in [0.4, 0.5) is 11.5 Å². The van der Waals surface area contributed by atoms with E-state index in [4.69, 9.17) is 4.74 Å². The maximum absolute atomic E-state index is 12.8. The highest BCUT2D eigenvalue weighted by Gasteiger charge is 2.17. The minimum atomic E-state index is -0.416. The van der Waals surface area contributed by atoms with Gasteiger partial charge in [-0.15, -0.1) is 0 Å². The number of hydrogen-bond acceptors (Lipinski definition) is 7. The van der Waals surface area contributed by atoms with Gasteiger partial charge in [-0.05, 0) is 12.1 Å². The van der Waals surface area contributed by atoms with Crippen LogP contribution >= 0.6 is 0 Å². The van der Waals surface area contributed by atoms with E-state index in [1.807, 2.05) is 6.07 Å². The number of rotatable bonds is 7. The molecule has 3 aromatic heterocycles. The zero-order chi connectivity index (χ0) is 20.1. The second-order valence-corrected chi connectivity index (χ2v) is 5.98. The van der Waals surface area contributed by atoms with E-state index < -0.39 is 5.91 Å². The van der Waals surface area contributed by atoms with Gasteiger partial charge in [0.1, 0.15) is 23.1 Å². The molecule has 0 aromatic carbocycles. The van der Waals surface area contributed by atoms with Crippen molar-refractivity contribution in [3.63, 3.8) is 0 Å². The largest absolute Gasteiger partial charge is 0.383 e. The number of aldehydes is 1. The van der Waals surface area contributed by atoms with Crippen molar-refractivity contribution in [2.75, 3.05) is 30.9 Å². The monoisotopic (exact) mass is 378 g/mol. The molecule has 0 aliphatic carbocycles. The number of aromatic nitrogens is 3. The zero-order valence-electron chi connectivity index (χ0n) is 15.4. The number of hydrogen-bond donors (Lipinski definition) is 2. The molecule has 0 atom stereocenters. The molecule has 0 saturated carbocycles. The fourth-order valence-corrected chi connectivity index (χ4v) is 2.74. The average Bonchev–Trinajstić information content (AvgIpc) is 3.04. The van der Waals surface area contributed by atoms with Gasteiger partial charge in [0.05, 0.1) is 28.9 Å². The number of carbonyl (C=O) groups excluding carboxylic acids is 2. The molecule has 0 radical (unpaired) electrons. The Bertz CT molecular complexity index is 1080. The van der Waals surface area contributed by atoms with Crippen LogP contribution in [0, 0.1) is 11.3 Å². The van der Waals surface area contributed by atoms with E-state index in [2.05, 4.69) is 20.6 Å². The summed E-state index contributed by atoms with van der Waals surface area (Å²) in [7, 11) is 3.37. The number of carbonyl (C=O) groups is 2. The molecule has 142 valence electrons. The Morgan fingerprint density at radius 2 is 2.25 bits per heavy atom. The molecule has 28 heavy (non-hydrogen) atoms. The Labute approximate surface area is 161 Å². The predicted octanol–water partition coefficient (Wildman–Crippen LogP) is 1.96. The average molecular weight is 378 g/mol. The number of amides is 1. The van der Waals surface area contributed by atoms with Gasteiger partial charge >= 0.3 is 0 Å². The van der Waals surface area contributed by atoms with Gasteiger partial charge in [-0.3, -0.25) is 9.59 Å². The Balaban J connectivity index is 1.89. The number of nitrogens with zero attached hydrogens (tertiary/aromatic N) is 4. The van der Waals surface area contributed by atoms with Crippen LogP contribution in [0.5, 0.6) is 0 Å². The van der Waals surface area contributed by atoms with E-state index in [1.165, 1.54) is 6.20 Å². The van der Waals surface area contributed by atoms with Crippen molar-refractivity contribution in [3.8, 4) is 6.07 Å². The summed E-state index contributed by atoms with van der Waals surface area (Å²) in [5.74, 6) is -0.131. The maximum Gasteiger partial charge on any atom is 0.260 e. The third kappa shape index (κ3) is 3.82. The Morgan fingerprint density at radius 3 is 2.96 bits per heavy atom. The molecule has 2 N–H and O–H groups in total. The molecule has 0 aliphatic rings. The Morgan fingerprint density at radius 1 is 1.43 bits per heavy atom. The summed E-state index contributed by atoms with van der Waals surface area (Å²) < 4.78 is 6.75. The van der Waals surface area contributed by atoms with Gasteiger partial charge in [0.15, 0.2) is 6.29 Å². The van der Waals surface area contributed by atoms with E-state index in [0.717, 1.165) is 5.52 Å². The van der Waals surface area contributed by atoms with Crippen LogP contribution in [0.15, 0.2) is 30.6 Å². The molecule has 3 rings (SSSR count). The van der Waals surface area contributed by atoms with E-state index in [0.29, 0.717) is 41.8 Å². The van der Waals surface area contributed by atoms with Crippen molar-refractivity contribution in [2.45, 2.75) is 0 Å². The summed E-state index contributed by atoms with van der Waals surface area (Å²) in [5.41, 5.74) is 2.62. The van der Waals surface area contributed by atoms with Crippen molar-refractivity contribution < 1.29 is 14.3 Å². The van der Waals surface area contributed by atoms with Gasteiger partial charge in [0, 0.05) is 39.2 Å². The molecule has 0 aliphatic heterocycles. The van der Waals surface area contributed by atoms with Crippen LogP contribution in [0.1, 0.15) is 26.4 Å². The molecule has 0 spiro atoms. The molecule has 9 heteroatoms. The lowest BCUT2D eigenvalue weighted by molar-refractivity contribution is 0.102. The molecular weight excluding hydrogens is 360 g/mol. The van der Waals surface area contributed by atoms with Crippen LogP contribution in [0.3, 0.4) is 0 Å². The predicted molar refractivity (Wildman–Crippen MR) is 103 cm³/mol. The second-order valence-electron chi connectivity index (χ2n) is 5.98. The van der Waals surface area contributed by atoms with Crippen molar-refractivity contribution in [2.24, 2.45) is 7.05 Å². The van der Waals surface area contributed by atoms with Gasteiger partial charge in [-0.2, -0.15) is 5.26 Å². The highest BCUT2D eigenvalue weighted by atomic mass is 16.5. The van der Waals surface area contributed by atoms with Crippen LogP contribution in [-0.4, -0.2) is 47.0 Å². The third-order valence-corrected chi connectivity index (χ3v) is 4.11. The smallest absolute Gasteiger partial charge is 0.260 e. The maximum atomic E-state index is 12.8. The molecule has 0 fully saturated rings. The number of aryl methyl sites for hydroxylation is 1. The first-order chi connectivity index (χ1) is 13.6. The number of methoxy groups -OCH3 is 1. The van der Waals surface area contributed by atoms with Crippen LogP contribution in [0.2, 0.25) is 0 Å². The van der Waals surface area contributed by atoms with Crippen molar-refractivity contribution in [3.05, 3.63) is 47.4 Å². The number of anilines is 2. The number of fused-ring (bicyclic) bond motifs is 1. The summed E-state index contributed by atoms with van der Waals surface area (Å²) in [6.45, 7) is 0.972. The summed E-state index contributed by atoms with van der Waals surface area (Å²) >= 11 is 0. The van der Waals surface area contributed by atoms with Gasteiger partial charge in [0.2, 0.25) is 0 Å². The summed E-state index contributed by atoms with van der Waals surface area (Å²) in [6, 6.07) is 6.97. The van der Waals surface area contributed by atoms with E-state index in [-0.39, 0.29) is 11.5 Å². The topological polar surface area (TPSA) is 122 Å². The van der Waals surface area contributed by atoms with Gasteiger partial charge in [-0.25, -0.2) is 9.97 Å². The molecule has 0 bridgehead atoms. The van der Waals surface area contributed by atoms with Gasteiger partial charge in [0.25, 0.3) is 5.91 Å². The Kier molecular flexibility index (Phi) is 5.62. The van der Waals surface area contributed by atoms with Gasteiger partial charge < -0.3 is 19.9 Å². The number of pyridine rings is 2. The highest BCUT2D eigenvalue weighted by molar-refractivity contribution is 6.12. The van der Waals surface area contributed by atoms with Crippen LogP contribution in [-0.2, 0) is 11.8 Å². The lowest BCUT2D eigenvalue weighted by Gasteiger charge is -2.10. The first-order valence-electron chi connectivity index (χ1n) is 8.43. The molecular formula is C19H18N6O3. The van der Waals surface area contributed by atoms with Gasteiger partial charge in [-0.1, -0.05) is 0 Å². The van der Waals surface area contributed by atoms with Crippen molar-refractivity contribution in [1.82, 2.24) is 14.5 Å². The molecule has 0 unspecified atom stereocenters. The molecule has 3 aromatic rings. The lowest BCUT2D eigenvalue weighted by atomic mass is 10.2. The Hall–Kier alpha value is -3.77. The standard InChI is InChI=1S/C19H18N6O3/c1-25-10-14(18-16(25)4-3-13(11-26)23-18)19(27)24-17-7-15(21-5-6-28-2)12(8-20)9-22-17/h3-4,7,9-11H,5-6H2,1-2H3,(H2,21,22,24,27). The number of nitrogens with one attached hydrogen (secondary N) is 2. The summed E-state index contributed by atoms with van der Waals surface area (Å²) in [4.78, 5) is 32.1. The van der Waals surface area contributed by atoms with Crippen LogP contribution in [0.25, 0.3) is 11.0 Å². The highest BCUT2D eigenvalue weighted by Crippen LogP contribution is 2.22. The van der Waals surface area contributed by atoms with Crippen molar-refractivity contribution >= 4 is 34.7 Å². The minimum Gasteiger partial charge on any atom is -0.383 e. The molecule has 3 heterocycles. The first kappa shape index (κ1) is 19.0. The van der Waals surface area contributed by atoms with Crippen molar-refractivity contribution in [1.29, 1.82) is 5.26 Å². The van der Waals surface area contributed by atoms with E-state index in [1.54, 1.807) is 43.1 Å². The normalized spacial score (nSPS) is 10.5. The third-order valence-electron chi connectivity index (χ3n) is 4.11. The number of nitriles is 1. The minimum absolute atomic E-state index is 0.244. The van der Waals surface area contributed by atoms with E-state index in [9.17, 15) is 14.9 Å². The second kappa shape index (κ2) is 8.28. The lowest BCUT2D eigenvalue weighted by Crippen LogP contribution is -2.14. The summed E-state index contributed by atoms with van der Waals surface area (Å²) in [6.07, 6.45) is 3.66. The zero-order valence-corrected chi connectivity index (χ0v) is 15.4. The first-order valence-corrected chi connectivity index (χ1v) is 8.43.